The van der Waals surface area contributed by atoms with E-state index >= 15 is 0 Å². The fourth-order valence-corrected chi connectivity index (χ4v) is 2.47. The topological polar surface area (TPSA) is 59.2 Å². The summed E-state index contributed by atoms with van der Waals surface area (Å²) in [6.07, 6.45) is 5.00. The van der Waals surface area contributed by atoms with Crippen molar-refractivity contribution >= 4 is 11.6 Å². The number of nitrogens with zero attached hydrogens (tertiary/aromatic N) is 2. The number of amides is 1. The molecule has 0 saturated carbocycles. The maximum absolute atomic E-state index is 12.3. The SMILES string of the molecule is CCC1CCN(C(=O)c2cnc(C)cc2N)CC1. The number of pyridine rings is 1. The van der Waals surface area contributed by atoms with Crippen LogP contribution in [-0.4, -0.2) is 28.9 Å². The first-order valence-corrected chi connectivity index (χ1v) is 6.63. The summed E-state index contributed by atoms with van der Waals surface area (Å²) in [5.74, 6) is 0.789. The average Bonchev–Trinajstić information content (AvgIpc) is 2.38. The molecule has 18 heavy (non-hydrogen) atoms. The molecule has 0 unspecified atom stereocenters. The molecule has 1 aliphatic rings. The minimum atomic E-state index is 0.0227. The van der Waals surface area contributed by atoms with E-state index < -0.39 is 0 Å². The van der Waals surface area contributed by atoms with E-state index in [9.17, 15) is 4.79 Å². The lowest BCUT2D eigenvalue weighted by Crippen LogP contribution is -2.38. The second-order valence-electron chi connectivity index (χ2n) is 5.06. The summed E-state index contributed by atoms with van der Waals surface area (Å²) >= 11 is 0. The van der Waals surface area contributed by atoms with Gasteiger partial charge in [-0.1, -0.05) is 13.3 Å². The van der Waals surface area contributed by atoms with Crippen LogP contribution in [0.15, 0.2) is 12.3 Å². The Bertz CT molecular complexity index is 437. The molecule has 0 aliphatic carbocycles. The molecule has 1 aliphatic heterocycles. The van der Waals surface area contributed by atoms with E-state index in [4.69, 9.17) is 5.73 Å². The van der Waals surface area contributed by atoms with Crippen LogP contribution in [0, 0.1) is 12.8 Å². The molecule has 0 radical (unpaired) electrons. The van der Waals surface area contributed by atoms with Gasteiger partial charge in [-0.15, -0.1) is 0 Å². The van der Waals surface area contributed by atoms with Gasteiger partial charge in [-0.2, -0.15) is 0 Å². The Hall–Kier alpha value is -1.58. The zero-order valence-electron chi connectivity index (χ0n) is 11.1. The van der Waals surface area contributed by atoms with E-state index in [2.05, 4.69) is 11.9 Å². The second-order valence-corrected chi connectivity index (χ2v) is 5.06. The van der Waals surface area contributed by atoms with Gasteiger partial charge < -0.3 is 10.6 Å². The van der Waals surface area contributed by atoms with Crippen molar-refractivity contribution < 1.29 is 4.79 Å². The van der Waals surface area contributed by atoms with E-state index in [1.807, 2.05) is 11.8 Å². The van der Waals surface area contributed by atoms with E-state index in [0.29, 0.717) is 11.3 Å². The minimum absolute atomic E-state index is 0.0227. The molecule has 98 valence electrons. The van der Waals surface area contributed by atoms with Gasteiger partial charge in [0.25, 0.3) is 5.91 Å². The van der Waals surface area contributed by atoms with E-state index in [1.165, 1.54) is 6.42 Å². The Balaban J connectivity index is 2.08. The number of anilines is 1. The highest BCUT2D eigenvalue weighted by Crippen LogP contribution is 2.22. The van der Waals surface area contributed by atoms with Gasteiger partial charge in [0, 0.05) is 30.7 Å². The van der Waals surface area contributed by atoms with Gasteiger partial charge in [-0.25, -0.2) is 0 Å². The first-order chi connectivity index (χ1) is 8.61. The first-order valence-electron chi connectivity index (χ1n) is 6.63. The van der Waals surface area contributed by atoms with Crippen molar-refractivity contribution in [2.45, 2.75) is 33.1 Å². The molecular weight excluding hydrogens is 226 g/mol. The molecule has 1 amide bonds. The fourth-order valence-electron chi connectivity index (χ4n) is 2.47. The van der Waals surface area contributed by atoms with Crippen molar-refractivity contribution in [3.8, 4) is 0 Å². The number of hydrogen-bond acceptors (Lipinski definition) is 3. The molecule has 2 heterocycles. The number of aromatic nitrogens is 1. The van der Waals surface area contributed by atoms with Crippen LogP contribution in [0.2, 0.25) is 0 Å². The predicted octanol–water partition coefficient (Wildman–Crippen LogP) is 2.23. The first kappa shape index (κ1) is 12.9. The van der Waals surface area contributed by atoms with Crippen molar-refractivity contribution in [1.29, 1.82) is 0 Å². The number of carbonyl (C=O) groups excluding carboxylic acids is 1. The summed E-state index contributed by atoms with van der Waals surface area (Å²) in [5, 5.41) is 0. The van der Waals surface area contributed by atoms with Crippen molar-refractivity contribution in [1.82, 2.24) is 9.88 Å². The monoisotopic (exact) mass is 247 g/mol. The molecule has 2 rings (SSSR count). The van der Waals surface area contributed by atoms with Crippen LogP contribution in [0.4, 0.5) is 5.69 Å². The summed E-state index contributed by atoms with van der Waals surface area (Å²) in [6.45, 7) is 5.76. The molecule has 0 spiro atoms. The van der Waals surface area contributed by atoms with Gasteiger partial charge in [0.1, 0.15) is 0 Å². The summed E-state index contributed by atoms with van der Waals surface area (Å²) in [4.78, 5) is 18.4. The van der Waals surface area contributed by atoms with Crippen LogP contribution in [0.25, 0.3) is 0 Å². The smallest absolute Gasteiger partial charge is 0.257 e. The third kappa shape index (κ3) is 2.63. The molecule has 0 aromatic carbocycles. The Morgan fingerprint density at radius 2 is 2.17 bits per heavy atom. The van der Waals surface area contributed by atoms with E-state index in [0.717, 1.165) is 37.5 Å². The van der Waals surface area contributed by atoms with Crippen molar-refractivity contribution in [3.63, 3.8) is 0 Å². The maximum atomic E-state index is 12.3. The number of hydrogen-bond donors (Lipinski definition) is 1. The lowest BCUT2D eigenvalue weighted by molar-refractivity contribution is 0.0689. The normalized spacial score (nSPS) is 16.9. The van der Waals surface area contributed by atoms with Gasteiger partial charge >= 0.3 is 0 Å². The minimum Gasteiger partial charge on any atom is -0.398 e. The van der Waals surface area contributed by atoms with Crippen molar-refractivity contribution in [2.75, 3.05) is 18.8 Å². The van der Waals surface area contributed by atoms with E-state index in [1.54, 1.807) is 12.3 Å². The molecule has 0 atom stereocenters. The fraction of sp³-hybridized carbons (Fsp3) is 0.571. The summed E-state index contributed by atoms with van der Waals surface area (Å²) in [5.41, 5.74) is 7.81. The quantitative estimate of drug-likeness (QED) is 0.871. The van der Waals surface area contributed by atoms with Gasteiger partial charge in [-0.3, -0.25) is 9.78 Å². The Morgan fingerprint density at radius 1 is 1.50 bits per heavy atom. The number of aryl methyl sites for hydroxylation is 1. The van der Waals surface area contributed by atoms with E-state index in [-0.39, 0.29) is 5.91 Å². The lowest BCUT2D eigenvalue weighted by atomic mass is 9.94. The second kappa shape index (κ2) is 5.38. The van der Waals surface area contributed by atoms with Gasteiger partial charge in [0.2, 0.25) is 0 Å². The third-order valence-electron chi connectivity index (χ3n) is 3.78. The van der Waals surface area contributed by atoms with Gasteiger partial charge in [-0.05, 0) is 31.7 Å². The molecule has 2 N–H and O–H groups in total. The molecule has 1 aromatic rings. The Kier molecular flexibility index (Phi) is 3.84. The van der Waals surface area contributed by atoms with Gasteiger partial charge in [0.15, 0.2) is 0 Å². The van der Waals surface area contributed by atoms with Crippen LogP contribution >= 0.6 is 0 Å². The molecule has 1 fully saturated rings. The standard InChI is InChI=1S/C14H21N3O/c1-3-11-4-6-17(7-5-11)14(18)12-9-16-10(2)8-13(12)15/h8-9,11H,3-7H2,1-2H3,(H2,15,16). The number of likely N-dealkylation sites (tertiary alicyclic amines) is 1. The highest BCUT2D eigenvalue weighted by atomic mass is 16.2. The Morgan fingerprint density at radius 3 is 2.72 bits per heavy atom. The lowest BCUT2D eigenvalue weighted by Gasteiger charge is -2.31. The van der Waals surface area contributed by atoms with Crippen LogP contribution in [-0.2, 0) is 0 Å². The molecule has 1 aromatic heterocycles. The van der Waals surface area contributed by atoms with Crippen LogP contribution in [0.3, 0.4) is 0 Å². The summed E-state index contributed by atoms with van der Waals surface area (Å²) in [6, 6.07) is 1.76. The highest BCUT2D eigenvalue weighted by Gasteiger charge is 2.24. The largest absolute Gasteiger partial charge is 0.398 e. The number of nitrogens with two attached hydrogens (primary N) is 1. The zero-order chi connectivity index (χ0) is 13.1. The van der Waals surface area contributed by atoms with Crippen LogP contribution in [0.5, 0.6) is 0 Å². The number of rotatable bonds is 2. The molecule has 4 heteroatoms. The molecule has 1 saturated heterocycles. The van der Waals surface area contributed by atoms with Gasteiger partial charge in [0.05, 0.1) is 5.56 Å². The summed E-state index contributed by atoms with van der Waals surface area (Å²) in [7, 11) is 0. The number of nitrogen functional groups attached to an aromatic ring is 1. The molecular formula is C14H21N3O. The maximum Gasteiger partial charge on any atom is 0.257 e. The summed E-state index contributed by atoms with van der Waals surface area (Å²) < 4.78 is 0. The van der Waals surface area contributed by atoms with Crippen LogP contribution < -0.4 is 5.73 Å². The molecule has 0 bridgehead atoms. The zero-order valence-corrected chi connectivity index (χ0v) is 11.1. The van der Waals surface area contributed by atoms with Crippen molar-refractivity contribution in [3.05, 3.63) is 23.5 Å². The van der Waals surface area contributed by atoms with Crippen LogP contribution in [0.1, 0.15) is 42.2 Å². The molecule has 4 nitrogen and oxygen atoms in total. The van der Waals surface area contributed by atoms with Crippen molar-refractivity contribution in [2.24, 2.45) is 5.92 Å². The predicted molar refractivity (Wildman–Crippen MR) is 72.3 cm³/mol. The number of carbonyl (C=O) groups is 1. The average molecular weight is 247 g/mol. The number of piperidine rings is 1. The third-order valence-corrected chi connectivity index (χ3v) is 3.78. The highest BCUT2D eigenvalue weighted by molar-refractivity contribution is 5.98. The Labute approximate surface area is 108 Å².